The quantitative estimate of drug-likeness (QED) is 0.820. The molecule has 1 N–H and O–H groups in total. The van der Waals surface area contributed by atoms with Crippen molar-refractivity contribution in [1.29, 1.82) is 5.26 Å². The van der Waals surface area contributed by atoms with Gasteiger partial charge in [0.25, 0.3) is 5.91 Å². The third-order valence-corrected chi connectivity index (χ3v) is 4.96. The van der Waals surface area contributed by atoms with Crippen molar-refractivity contribution in [3.05, 3.63) is 49.8 Å². The van der Waals surface area contributed by atoms with E-state index in [9.17, 15) is 14.9 Å². The van der Waals surface area contributed by atoms with Crippen molar-refractivity contribution in [2.24, 2.45) is 0 Å². The van der Waals surface area contributed by atoms with Crippen molar-refractivity contribution >= 4 is 51.4 Å². The lowest BCUT2D eigenvalue weighted by atomic mass is 10.1. The van der Waals surface area contributed by atoms with Gasteiger partial charge in [0.2, 0.25) is 0 Å². The van der Waals surface area contributed by atoms with Crippen LogP contribution in [0.3, 0.4) is 0 Å². The zero-order chi connectivity index (χ0) is 17.1. The number of carbonyl (C=O) groups is 2. The lowest BCUT2D eigenvalue weighted by molar-refractivity contribution is 0.0605. The summed E-state index contributed by atoms with van der Waals surface area (Å²) in [6.45, 7) is 1.62. The van der Waals surface area contributed by atoms with E-state index in [-0.39, 0.29) is 26.0 Å². The fraction of sp³-hybridized carbons (Fsp3) is 0.133. The number of nitrogens with zero attached hydrogens (tertiary/aromatic N) is 1. The summed E-state index contributed by atoms with van der Waals surface area (Å²) >= 11 is 12.7. The Morgan fingerprint density at radius 1 is 1.30 bits per heavy atom. The van der Waals surface area contributed by atoms with Gasteiger partial charge in [-0.1, -0.05) is 23.2 Å². The summed E-state index contributed by atoms with van der Waals surface area (Å²) in [6, 6.07) is 6.42. The second-order valence-corrected chi connectivity index (χ2v) is 6.28. The maximum absolute atomic E-state index is 12.3. The highest BCUT2D eigenvalue weighted by Crippen LogP contribution is 2.33. The van der Waals surface area contributed by atoms with Crippen LogP contribution in [-0.4, -0.2) is 19.0 Å². The minimum atomic E-state index is -0.556. The van der Waals surface area contributed by atoms with Crippen molar-refractivity contribution in [2.75, 3.05) is 12.4 Å². The van der Waals surface area contributed by atoms with Crippen LogP contribution in [0.4, 0.5) is 5.00 Å². The molecule has 2 rings (SSSR count). The summed E-state index contributed by atoms with van der Waals surface area (Å²) in [7, 11) is 1.25. The molecule has 0 aliphatic carbocycles. The fourth-order valence-electron chi connectivity index (χ4n) is 1.84. The summed E-state index contributed by atoms with van der Waals surface area (Å²) in [4.78, 5) is 24.2. The first-order valence-electron chi connectivity index (χ1n) is 6.27. The number of nitriles is 1. The van der Waals surface area contributed by atoms with Crippen LogP contribution in [0.1, 0.15) is 31.2 Å². The van der Waals surface area contributed by atoms with Gasteiger partial charge in [-0.2, -0.15) is 5.26 Å². The van der Waals surface area contributed by atoms with E-state index in [1.54, 1.807) is 6.92 Å². The molecule has 0 saturated heterocycles. The molecular formula is C15H10Cl2N2O3S. The smallest absolute Gasteiger partial charge is 0.348 e. The Balaban J connectivity index is 2.36. The van der Waals surface area contributed by atoms with E-state index < -0.39 is 11.9 Å². The maximum atomic E-state index is 12.3. The average molecular weight is 369 g/mol. The maximum Gasteiger partial charge on any atom is 0.348 e. The van der Waals surface area contributed by atoms with Crippen molar-refractivity contribution in [1.82, 2.24) is 0 Å². The molecule has 0 fully saturated rings. The monoisotopic (exact) mass is 368 g/mol. The molecule has 0 unspecified atom stereocenters. The number of nitrogens with one attached hydrogen (secondary N) is 1. The predicted octanol–water partition coefficient (Wildman–Crippen LogP) is 4.27. The van der Waals surface area contributed by atoms with E-state index in [0.717, 1.165) is 11.3 Å². The number of amides is 1. The molecule has 2 aromatic rings. The summed E-state index contributed by atoms with van der Waals surface area (Å²) in [5.74, 6) is -1.02. The Morgan fingerprint density at radius 2 is 2.00 bits per heavy atom. The van der Waals surface area contributed by atoms with Gasteiger partial charge in [0.1, 0.15) is 15.9 Å². The zero-order valence-electron chi connectivity index (χ0n) is 12.1. The van der Waals surface area contributed by atoms with Gasteiger partial charge in [0.15, 0.2) is 0 Å². The van der Waals surface area contributed by atoms with Gasteiger partial charge in [-0.05, 0) is 30.7 Å². The number of carbonyl (C=O) groups excluding carboxylic acids is 2. The molecule has 5 nitrogen and oxygen atoms in total. The van der Waals surface area contributed by atoms with Gasteiger partial charge in [-0.15, -0.1) is 11.3 Å². The van der Waals surface area contributed by atoms with Crippen molar-refractivity contribution in [3.8, 4) is 6.07 Å². The van der Waals surface area contributed by atoms with Gasteiger partial charge in [0, 0.05) is 5.56 Å². The molecule has 0 radical (unpaired) electrons. The third-order valence-electron chi connectivity index (χ3n) is 3.04. The second-order valence-electron chi connectivity index (χ2n) is 4.45. The SMILES string of the molecule is COC(=O)c1sc(NC(=O)c2ccc(Cl)c(Cl)c2)c(C#N)c1C. The lowest BCUT2D eigenvalue weighted by Crippen LogP contribution is -2.11. The summed E-state index contributed by atoms with van der Waals surface area (Å²) in [5.41, 5.74) is 0.978. The Hall–Kier alpha value is -2.07. The standard InChI is InChI=1S/C15H10Cl2N2O3S/c1-7-9(6-18)14(23-12(7)15(21)22-2)19-13(20)8-3-4-10(16)11(17)5-8/h3-5H,1-2H3,(H,19,20). The summed E-state index contributed by atoms with van der Waals surface area (Å²) < 4.78 is 4.67. The Kier molecular flexibility index (Phi) is 5.26. The van der Waals surface area contributed by atoms with Gasteiger partial charge in [-0.3, -0.25) is 4.79 Å². The van der Waals surface area contributed by atoms with Gasteiger partial charge in [-0.25, -0.2) is 4.79 Å². The van der Waals surface area contributed by atoms with Gasteiger partial charge in [0.05, 0.1) is 22.7 Å². The summed E-state index contributed by atoms with van der Waals surface area (Å²) in [5, 5.41) is 12.7. The number of esters is 1. The minimum Gasteiger partial charge on any atom is -0.465 e. The van der Waals surface area contributed by atoms with Crippen LogP contribution in [0.5, 0.6) is 0 Å². The van der Waals surface area contributed by atoms with Crippen LogP contribution in [0.25, 0.3) is 0 Å². The van der Waals surface area contributed by atoms with Crippen LogP contribution in [0.15, 0.2) is 18.2 Å². The molecule has 0 aliphatic rings. The van der Waals surface area contributed by atoms with E-state index in [4.69, 9.17) is 23.2 Å². The highest BCUT2D eigenvalue weighted by atomic mass is 35.5. The second kappa shape index (κ2) is 7.01. The number of ether oxygens (including phenoxy) is 1. The predicted molar refractivity (Wildman–Crippen MR) is 89.5 cm³/mol. The zero-order valence-corrected chi connectivity index (χ0v) is 14.4. The summed E-state index contributed by atoms with van der Waals surface area (Å²) in [6.07, 6.45) is 0. The number of methoxy groups -OCH3 is 1. The normalized spacial score (nSPS) is 10.0. The molecule has 118 valence electrons. The molecule has 0 atom stereocenters. The number of rotatable bonds is 3. The van der Waals surface area contributed by atoms with Crippen LogP contribution in [0, 0.1) is 18.3 Å². The number of benzene rings is 1. The average Bonchev–Trinajstić information content (AvgIpc) is 2.84. The van der Waals surface area contributed by atoms with Gasteiger partial charge >= 0.3 is 5.97 Å². The van der Waals surface area contributed by atoms with Crippen LogP contribution in [-0.2, 0) is 4.74 Å². The topological polar surface area (TPSA) is 79.2 Å². The first-order valence-corrected chi connectivity index (χ1v) is 7.84. The number of hydrogen-bond acceptors (Lipinski definition) is 5. The largest absolute Gasteiger partial charge is 0.465 e. The Bertz CT molecular complexity index is 840. The van der Waals surface area contributed by atoms with Crippen LogP contribution < -0.4 is 5.32 Å². The van der Waals surface area contributed by atoms with Crippen LogP contribution >= 0.6 is 34.5 Å². The highest BCUT2D eigenvalue weighted by Gasteiger charge is 2.22. The molecule has 23 heavy (non-hydrogen) atoms. The molecule has 0 bridgehead atoms. The van der Waals surface area contributed by atoms with E-state index in [1.165, 1.54) is 25.3 Å². The van der Waals surface area contributed by atoms with Crippen molar-refractivity contribution in [3.63, 3.8) is 0 Å². The molecular weight excluding hydrogens is 359 g/mol. The van der Waals surface area contributed by atoms with E-state index >= 15 is 0 Å². The van der Waals surface area contributed by atoms with Crippen molar-refractivity contribution < 1.29 is 14.3 Å². The molecule has 1 amide bonds. The van der Waals surface area contributed by atoms with Crippen molar-refractivity contribution in [2.45, 2.75) is 6.92 Å². The molecule has 8 heteroatoms. The first kappa shape index (κ1) is 17.3. The molecule has 1 aromatic carbocycles. The Morgan fingerprint density at radius 3 is 2.57 bits per heavy atom. The Labute approximate surface area is 146 Å². The molecule has 1 heterocycles. The van der Waals surface area contributed by atoms with E-state index in [1.807, 2.05) is 6.07 Å². The van der Waals surface area contributed by atoms with E-state index in [0.29, 0.717) is 10.6 Å². The molecule has 1 aromatic heterocycles. The third kappa shape index (κ3) is 3.48. The van der Waals surface area contributed by atoms with Crippen LogP contribution in [0.2, 0.25) is 10.0 Å². The van der Waals surface area contributed by atoms with Gasteiger partial charge < -0.3 is 10.1 Å². The minimum absolute atomic E-state index is 0.226. The highest BCUT2D eigenvalue weighted by molar-refractivity contribution is 7.18. The number of hydrogen-bond donors (Lipinski definition) is 1. The number of halogens is 2. The number of anilines is 1. The lowest BCUT2D eigenvalue weighted by Gasteiger charge is -2.04. The molecule has 0 aliphatic heterocycles. The molecule has 0 saturated carbocycles. The fourth-order valence-corrected chi connectivity index (χ4v) is 3.20. The first-order chi connectivity index (χ1) is 10.9. The van der Waals surface area contributed by atoms with E-state index in [2.05, 4.69) is 10.1 Å². The number of thiophene rings is 1. The molecule has 0 spiro atoms.